The van der Waals surface area contributed by atoms with Crippen LogP contribution in [0, 0.1) is 0 Å². The normalized spacial score (nSPS) is 20.1. The standard InChI is InChI=1S/C21H20N2O3/c1-11(2)13-8-9-16-18-14(13)5-4-6-15(18)20(25)23(21(16)26)17-10-7-12(3)22-19(17)24/h4-6,8-9,11,17H,3,7,10H2,1-2H3,(H,22,24). The number of allylic oxidation sites excluding steroid dienone is 1. The first-order chi connectivity index (χ1) is 12.4. The van der Waals surface area contributed by atoms with E-state index in [4.69, 9.17) is 0 Å². The van der Waals surface area contributed by atoms with Gasteiger partial charge in [-0.1, -0.05) is 38.6 Å². The van der Waals surface area contributed by atoms with Crippen molar-refractivity contribution in [2.75, 3.05) is 0 Å². The maximum absolute atomic E-state index is 13.1. The molecule has 0 spiro atoms. The average Bonchev–Trinajstić information content (AvgIpc) is 2.60. The van der Waals surface area contributed by atoms with Gasteiger partial charge >= 0.3 is 0 Å². The third-order valence-corrected chi connectivity index (χ3v) is 5.23. The molecule has 0 aliphatic carbocycles. The van der Waals surface area contributed by atoms with Crippen molar-refractivity contribution in [1.82, 2.24) is 10.2 Å². The molecule has 2 aromatic rings. The highest BCUT2D eigenvalue weighted by Crippen LogP contribution is 2.36. The number of amides is 3. The van der Waals surface area contributed by atoms with Crippen LogP contribution in [0.1, 0.15) is 58.9 Å². The molecule has 2 heterocycles. The number of piperidine rings is 1. The second-order valence-corrected chi connectivity index (χ2v) is 7.21. The molecule has 5 heteroatoms. The second kappa shape index (κ2) is 5.80. The lowest BCUT2D eigenvalue weighted by Gasteiger charge is -2.35. The molecule has 2 aliphatic rings. The number of benzene rings is 2. The summed E-state index contributed by atoms with van der Waals surface area (Å²) < 4.78 is 0. The molecule has 1 atom stereocenters. The molecular formula is C21H20N2O3. The maximum Gasteiger partial charge on any atom is 0.262 e. The van der Waals surface area contributed by atoms with Crippen LogP contribution in [0.15, 0.2) is 42.6 Å². The largest absolute Gasteiger partial charge is 0.329 e. The molecule has 0 aromatic heterocycles. The van der Waals surface area contributed by atoms with Crippen molar-refractivity contribution in [3.05, 3.63) is 59.3 Å². The zero-order valence-electron chi connectivity index (χ0n) is 14.8. The molecule has 5 nitrogen and oxygen atoms in total. The summed E-state index contributed by atoms with van der Waals surface area (Å²) in [5.41, 5.74) is 2.69. The lowest BCUT2D eigenvalue weighted by molar-refractivity contribution is -0.125. The third-order valence-electron chi connectivity index (χ3n) is 5.23. The zero-order valence-corrected chi connectivity index (χ0v) is 14.8. The van der Waals surface area contributed by atoms with Gasteiger partial charge < -0.3 is 5.32 Å². The van der Waals surface area contributed by atoms with E-state index in [1.54, 1.807) is 12.1 Å². The quantitative estimate of drug-likeness (QED) is 0.847. The van der Waals surface area contributed by atoms with E-state index in [2.05, 4.69) is 25.7 Å². The van der Waals surface area contributed by atoms with E-state index in [1.807, 2.05) is 18.2 Å². The molecule has 0 saturated carbocycles. The minimum absolute atomic E-state index is 0.276. The summed E-state index contributed by atoms with van der Waals surface area (Å²) in [6.07, 6.45) is 0.953. The molecule has 0 radical (unpaired) electrons. The average molecular weight is 348 g/mol. The number of imide groups is 1. The Balaban J connectivity index is 1.88. The Morgan fingerprint density at radius 2 is 1.77 bits per heavy atom. The zero-order chi connectivity index (χ0) is 18.6. The first kappa shape index (κ1) is 16.5. The monoisotopic (exact) mass is 348 g/mol. The molecule has 26 heavy (non-hydrogen) atoms. The van der Waals surface area contributed by atoms with Crippen molar-refractivity contribution in [2.45, 2.75) is 38.6 Å². The number of nitrogens with one attached hydrogen (secondary N) is 1. The SMILES string of the molecule is C=C1CCC(N2C(=O)c3cccc4c(C(C)C)ccc(c34)C2=O)C(=O)N1. The fourth-order valence-corrected chi connectivity index (χ4v) is 3.93. The van der Waals surface area contributed by atoms with Gasteiger partial charge in [0.25, 0.3) is 11.8 Å². The van der Waals surface area contributed by atoms with Crippen LogP contribution in [0.4, 0.5) is 0 Å². The van der Waals surface area contributed by atoms with Gasteiger partial charge in [0.05, 0.1) is 0 Å². The smallest absolute Gasteiger partial charge is 0.262 e. The molecule has 0 bridgehead atoms. The summed E-state index contributed by atoms with van der Waals surface area (Å²) in [6, 6.07) is 8.45. The Morgan fingerprint density at radius 1 is 1.08 bits per heavy atom. The molecule has 4 rings (SSSR count). The van der Waals surface area contributed by atoms with Crippen LogP contribution in [-0.4, -0.2) is 28.7 Å². The van der Waals surface area contributed by atoms with Gasteiger partial charge in [0.2, 0.25) is 5.91 Å². The summed E-state index contributed by atoms with van der Waals surface area (Å²) in [6.45, 7) is 7.93. The van der Waals surface area contributed by atoms with Crippen LogP contribution < -0.4 is 5.32 Å². The van der Waals surface area contributed by atoms with Crippen LogP contribution in [-0.2, 0) is 4.79 Å². The highest BCUT2D eigenvalue weighted by molar-refractivity contribution is 6.26. The second-order valence-electron chi connectivity index (χ2n) is 7.21. The molecule has 1 N–H and O–H groups in total. The van der Waals surface area contributed by atoms with E-state index < -0.39 is 17.9 Å². The van der Waals surface area contributed by atoms with Crippen molar-refractivity contribution in [3.8, 4) is 0 Å². The van der Waals surface area contributed by atoms with Gasteiger partial charge in [-0.05, 0) is 41.8 Å². The molecule has 3 amide bonds. The predicted octanol–water partition coefficient (Wildman–Crippen LogP) is 3.35. The van der Waals surface area contributed by atoms with E-state index in [9.17, 15) is 14.4 Å². The molecule has 132 valence electrons. The molecule has 2 aromatic carbocycles. The fraction of sp³-hybridized carbons (Fsp3) is 0.286. The van der Waals surface area contributed by atoms with Crippen LogP contribution in [0.3, 0.4) is 0 Å². The Bertz CT molecular complexity index is 968. The van der Waals surface area contributed by atoms with Crippen molar-refractivity contribution >= 4 is 28.5 Å². The van der Waals surface area contributed by atoms with Crippen molar-refractivity contribution < 1.29 is 14.4 Å². The van der Waals surface area contributed by atoms with E-state index in [1.165, 1.54) is 0 Å². The van der Waals surface area contributed by atoms with E-state index in [-0.39, 0.29) is 11.8 Å². The molecule has 1 unspecified atom stereocenters. The van der Waals surface area contributed by atoms with Crippen molar-refractivity contribution in [2.24, 2.45) is 0 Å². The summed E-state index contributed by atoms with van der Waals surface area (Å²) in [5.74, 6) is -0.876. The van der Waals surface area contributed by atoms with E-state index in [0.717, 1.165) is 15.8 Å². The van der Waals surface area contributed by atoms with Crippen molar-refractivity contribution in [1.29, 1.82) is 0 Å². The lowest BCUT2D eigenvalue weighted by Crippen LogP contribution is -2.55. The first-order valence-corrected chi connectivity index (χ1v) is 8.82. The predicted molar refractivity (Wildman–Crippen MR) is 98.8 cm³/mol. The number of hydrogen-bond donors (Lipinski definition) is 1. The van der Waals surface area contributed by atoms with Gasteiger partial charge in [-0.15, -0.1) is 0 Å². The molecular weight excluding hydrogens is 328 g/mol. The summed E-state index contributed by atoms with van der Waals surface area (Å²) in [4.78, 5) is 39.7. The van der Waals surface area contributed by atoms with Gasteiger partial charge in [0.1, 0.15) is 6.04 Å². The topological polar surface area (TPSA) is 66.5 Å². The number of rotatable bonds is 2. The first-order valence-electron chi connectivity index (χ1n) is 8.82. The third kappa shape index (κ3) is 2.27. The minimum atomic E-state index is -0.798. The Labute approximate surface area is 151 Å². The van der Waals surface area contributed by atoms with Crippen molar-refractivity contribution in [3.63, 3.8) is 0 Å². The minimum Gasteiger partial charge on any atom is -0.329 e. The van der Waals surface area contributed by atoms with Gasteiger partial charge in [-0.25, -0.2) is 0 Å². The number of nitrogens with zero attached hydrogens (tertiary/aromatic N) is 1. The van der Waals surface area contributed by atoms with Gasteiger partial charge in [0.15, 0.2) is 0 Å². The van der Waals surface area contributed by atoms with Crippen LogP contribution in [0.2, 0.25) is 0 Å². The van der Waals surface area contributed by atoms with Gasteiger partial charge in [-0.2, -0.15) is 0 Å². The van der Waals surface area contributed by atoms with E-state index in [0.29, 0.717) is 35.1 Å². The highest BCUT2D eigenvalue weighted by atomic mass is 16.2. The van der Waals surface area contributed by atoms with Crippen LogP contribution >= 0.6 is 0 Å². The summed E-state index contributed by atoms with van der Waals surface area (Å²) >= 11 is 0. The number of carbonyl (C=O) groups is 3. The molecule has 2 aliphatic heterocycles. The molecule has 1 saturated heterocycles. The highest BCUT2D eigenvalue weighted by Gasteiger charge is 2.41. The van der Waals surface area contributed by atoms with E-state index >= 15 is 0 Å². The lowest BCUT2D eigenvalue weighted by atomic mass is 9.87. The van der Waals surface area contributed by atoms with Crippen LogP contribution in [0.25, 0.3) is 10.8 Å². The Morgan fingerprint density at radius 3 is 2.42 bits per heavy atom. The number of carbonyl (C=O) groups excluding carboxylic acids is 3. The van der Waals surface area contributed by atoms with Crippen LogP contribution in [0.5, 0.6) is 0 Å². The summed E-state index contributed by atoms with van der Waals surface area (Å²) in [5, 5.41) is 4.29. The summed E-state index contributed by atoms with van der Waals surface area (Å²) in [7, 11) is 0. The van der Waals surface area contributed by atoms with Gasteiger partial charge in [-0.3, -0.25) is 19.3 Å². The van der Waals surface area contributed by atoms with Gasteiger partial charge in [0, 0.05) is 22.2 Å². The Hall–Kier alpha value is -2.95. The number of hydrogen-bond acceptors (Lipinski definition) is 3. The Kier molecular flexibility index (Phi) is 3.68. The maximum atomic E-state index is 13.1. The fourth-order valence-electron chi connectivity index (χ4n) is 3.93. The molecule has 1 fully saturated rings.